The summed E-state index contributed by atoms with van der Waals surface area (Å²) in [6.07, 6.45) is 1.57. The fourth-order valence-corrected chi connectivity index (χ4v) is 1.77. The Hall–Kier alpha value is -2.57. The van der Waals surface area contributed by atoms with Crippen LogP contribution in [0.5, 0.6) is 0 Å². The molecule has 0 aliphatic rings. The average molecular weight is 279 g/mol. The SMILES string of the molecule is Cc1cccnc1CNc1cc(F)cc(F)c1[N+](=O)[O-]. The van der Waals surface area contributed by atoms with E-state index in [1.165, 1.54) is 0 Å². The zero-order valence-electron chi connectivity index (χ0n) is 10.6. The molecule has 2 rings (SSSR count). The Morgan fingerprint density at radius 3 is 2.80 bits per heavy atom. The van der Waals surface area contributed by atoms with E-state index in [0.29, 0.717) is 11.8 Å². The highest BCUT2D eigenvalue weighted by molar-refractivity contribution is 5.62. The van der Waals surface area contributed by atoms with Crippen LogP contribution in [0.25, 0.3) is 0 Å². The molecule has 20 heavy (non-hydrogen) atoms. The van der Waals surface area contributed by atoms with Crippen LogP contribution in [0, 0.1) is 28.7 Å². The van der Waals surface area contributed by atoms with Crippen molar-refractivity contribution in [2.45, 2.75) is 13.5 Å². The van der Waals surface area contributed by atoms with Crippen LogP contribution in [0.4, 0.5) is 20.2 Å². The Morgan fingerprint density at radius 2 is 2.15 bits per heavy atom. The third-order valence-corrected chi connectivity index (χ3v) is 2.77. The molecule has 1 aromatic heterocycles. The first kappa shape index (κ1) is 13.9. The number of halogens is 2. The van der Waals surface area contributed by atoms with Gasteiger partial charge in [0.25, 0.3) is 0 Å². The monoisotopic (exact) mass is 279 g/mol. The fourth-order valence-electron chi connectivity index (χ4n) is 1.77. The van der Waals surface area contributed by atoms with Crippen molar-refractivity contribution in [1.82, 2.24) is 4.98 Å². The van der Waals surface area contributed by atoms with Crippen LogP contribution in [0.2, 0.25) is 0 Å². The predicted molar refractivity (Wildman–Crippen MR) is 69.3 cm³/mol. The van der Waals surface area contributed by atoms with Crippen LogP contribution < -0.4 is 5.32 Å². The van der Waals surface area contributed by atoms with Crippen molar-refractivity contribution < 1.29 is 13.7 Å². The molecule has 0 bridgehead atoms. The van der Waals surface area contributed by atoms with E-state index in [2.05, 4.69) is 10.3 Å². The average Bonchev–Trinajstić information content (AvgIpc) is 2.36. The van der Waals surface area contributed by atoms with Gasteiger partial charge in [-0.1, -0.05) is 6.07 Å². The third-order valence-electron chi connectivity index (χ3n) is 2.77. The second kappa shape index (κ2) is 5.60. The molecule has 0 aliphatic carbocycles. The largest absolute Gasteiger partial charge is 0.374 e. The zero-order chi connectivity index (χ0) is 14.7. The van der Waals surface area contributed by atoms with Gasteiger partial charge in [0.15, 0.2) is 0 Å². The molecule has 1 aromatic carbocycles. The minimum Gasteiger partial charge on any atom is -0.374 e. The lowest BCUT2D eigenvalue weighted by Gasteiger charge is -2.09. The zero-order valence-corrected chi connectivity index (χ0v) is 10.6. The molecule has 0 saturated heterocycles. The van der Waals surface area contributed by atoms with Gasteiger partial charge in [-0.15, -0.1) is 0 Å². The molecule has 2 aromatic rings. The van der Waals surface area contributed by atoms with Gasteiger partial charge in [-0.3, -0.25) is 15.1 Å². The van der Waals surface area contributed by atoms with Gasteiger partial charge >= 0.3 is 5.69 Å². The van der Waals surface area contributed by atoms with Gasteiger partial charge in [0.05, 0.1) is 17.2 Å². The number of aryl methyl sites for hydroxylation is 1. The number of aromatic nitrogens is 1. The summed E-state index contributed by atoms with van der Waals surface area (Å²) in [5.41, 5.74) is 0.531. The molecule has 1 heterocycles. The topological polar surface area (TPSA) is 68.1 Å². The number of benzene rings is 1. The molecule has 0 atom stereocenters. The maximum atomic E-state index is 13.4. The van der Waals surface area contributed by atoms with Crippen LogP contribution in [0.3, 0.4) is 0 Å². The van der Waals surface area contributed by atoms with Crippen molar-refractivity contribution in [3.8, 4) is 0 Å². The first-order valence-electron chi connectivity index (χ1n) is 5.77. The van der Waals surface area contributed by atoms with E-state index < -0.39 is 22.2 Å². The van der Waals surface area contributed by atoms with E-state index in [1.807, 2.05) is 13.0 Å². The van der Waals surface area contributed by atoms with Crippen molar-refractivity contribution in [2.75, 3.05) is 5.32 Å². The summed E-state index contributed by atoms with van der Waals surface area (Å²) >= 11 is 0. The molecule has 0 aliphatic heterocycles. The second-order valence-corrected chi connectivity index (χ2v) is 4.16. The predicted octanol–water partition coefficient (Wildman–Crippen LogP) is 3.19. The van der Waals surface area contributed by atoms with Crippen LogP contribution >= 0.6 is 0 Å². The van der Waals surface area contributed by atoms with Gasteiger partial charge in [0, 0.05) is 18.3 Å². The summed E-state index contributed by atoms with van der Waals surface area (Å²) in [4.78, 5) is 14.0. The lowest BCUT2D eigenvalue weighted by atomic mass is 10.2. The summed E-state index contributed by atoms with van der Waals surface area (Å²) in [6.45, 7) is 1.96. The molecular formula is C13H11F2N3O2. The van der Waals surface area contributed by atoms with Crippen molar-refractivity contribution >= 4 is 11.4 Å². The molecule has 0 radical (unpaired) electrons. The number of rotatable bonds is 4. The number of hydrogen-bond acceptors (Lipinski definition) is 4. The standard InChI is InChI=1S/C13H11F2N3O2/c1-8-3-2-4-16-12(8)7-17-11-6-9(14)5-10(15)13(11)18(19)20/h2-6,17H,7H2,1H3. The summed E-state index contributed by atoms with van der Waals surface area (Å²) < 4.78 is 26.6. The van der Waals surface area contributed by atoms with Gasteiger partial charge in [0.2, 0.25) is 5.82 Å². The van der Waals surface area contributed by atoms with Gasteiger partial charge in [0.1, 0.15) is 11.5 Å². The second-order valence-electron chi connectivity index (χ2n) is 4.16. The number of anilines is 1. The van der Waals surface area contributed by atoms with Crippen molar-refractivity contribution in [3.05, 3.63) is 63.5 Å². The van der Waals surface area contributed by atoms with Crippen LogP contribution in [0.1, 0.15) is 11.3 Å². The molecule has 1 N–H and O–H groups in total. The number of nitrogens with zero attached hydrogens (tertiary/aromatic N) is 2. The lowest BCUT2D eigenvalue weighted by molar-refractivity contribution is -0.386. The molecule has 0 spiro atoms. The normalized spacial score (nSPS) is 10.3. The minimum absolute atomic E-state index is 0.135. The van der Waals surface area contributed by atoms with Gasteiger partial charge in [-0.05, 0) is 18.6 Å². The first-order valence-corrected chi connectivity index (χ1v) is 5.77. The van der Waals surface area contributed by atoms with Crippen molar-refractivity contribution in [1.29, 1.82) is 0 Å². The summed E-state index contributed by atoms with van der Waals surface area (Å²) in [5.74, 6) is -2.09. The van der Waals surface area contributed by atoms with Crippen LogP contribution in [-0.4, -0.2) is 9.91 Å². The van der Waals surface area contributed by atoms with Gasteiger partial charge in [-0.25, -0.2) is 4.39 Å². The van der Waals surface area contributed by atoms with E-state index >= 15 is 0 Å². The molecule has 104 valence electrons. The fraction of sp³-hybridized carbons (Fsp3) is 0.154. The third kappa shape index (κ3) is 2.87. The summed E-state index contributed by atoms with van der Waals surface area (Å²) in [6, 6.07) is 4.95. The summed E-state index contributed by atoms with van der Waals surface area (Å²) in [5, 5.41) is 13.5. The molecule has 0 amide bonds. The van der Waals surface area contributed by atoms with E-state index in [1.54, 1.807) is 12.3 Å². The lowest BCUT2D eigenvalue weighted by Crippen LogP contribution is -2.07. The number of nitro benzene ring substituents is 1. The molecule has 0 fully saturated rings. The molecule has 5 nitrogen and oxygen atoms in total. The van der Waals surface area contributed by atoms with Crippen molar-refractivity contribution in [2.24, 2.45) is 0 Å². The van der Waals surface area contributed by atoms with Gasteiger partial charge in [-0.2, -0.15) is 4.39 Å². The molecule has 0 saturated carbocycles. The highest BCUT2D eigenvalue weighted by Crippen LogP contribution is 2.29. The maximum Gasteiger partial charge on any atom is 0.327 e. The Labute approximate surface area is 113 Å². The number of hydrogen-bond donors (Lipinski definition) is 1. The molecule has 0 unspecified atom stereocenters. The van der Waals surface area contributed by atoms with E-state index in [-0.39, 0.29) is 12.2 Å². The highest BCUT2D eigenvalue weighted by Gasteiger charge is 2.21. The first-order chi connectivity index (χ1) is 9.49. The van der Waals surface area contributed by atoms with E-state index in [0.717, 1.165) is 11.6 Å². The van der Waals surface area contributed by atoms with Crippen molar-refractivity contribution in [3.63, 3.8) is 0 Å². The summed E-state index contributed by atoms with van der Waals surface area (Å²) in [7, 11) is 0. The number of nitro groups is 1. The maximum absolute atomic E-state index is 13.4. The molecule has 7 heteroatoms. The van der Waals surface area contributed by atoms with Crippen LogP contribution in [0.15, 0.2) is 30.5 Å². The van der Waals surface area contributed by atoms with E-state index in [9.17, 15) is 18.9 Å². The van der Waals surface area contributed by atoms with Gasteiger partial charge < -0.3 is 5.32 Å². The Bertz CT molecular complexity index is 662. The Morgan fingerprint density at radius 1 is 1.40 bits per heavy atom. The highest BCUT2D eigenvalue weighted by atomic mass is 19.1. The number of pyridine rings is 1. The quantitative estimate of drug-likeness (QED) is 0.689. The minimum atomic E-state index is -1.21. The Kier molecular flexibility index (Phi) is 3.88. The number of nitrogens with one attached hydrogen (secondary N) is 1. The Balaban J connectivity index is 2.30. The van der Waals surface area contributed by atoms with Crippen LogP contribution in [-0.2, 0) is 6.54 Å². The smallest absolute Gasteiger partial charge is 0.327 e. The van der Waals surface area contributed by atoms with E-state index in [4.69, 9.17) is 0 Å². The molecular weight excluding hydrogens is 268 g/mol.